The van der Waals surface area contributed by atoms with Gasteiger partial charge in [-0.15, -0.1) is 0 Å². The minimum atomic E-state index is -1.04. The van der Waals surface area contributed by atoms with Gasteiger partial charge in [0.1, 0.15) is 5.60 Å². The lowest BCUT2D eigenvalue weighted by molar-refractivity contribution is 0.0137. The number of aliphatic hydroxyl groups is 1. The molecule has 0 radical (unpaired) electrons. The van der Waals surface area contributed by atoms with Gasteiger partial charge in [-0.3, -0.25) is 9.69 Å². The third kappa shape index (κ3) is 5.07. The van der Waals surface area contributed by atoms with Gasteiger partial charge in [0.2, 0.25) is 0 Å². The van der Waals surface area contributed by atoms with Crippen molar-refractivity contribution in [3.63, 3.8) is 0 Å². The van der Waals surface area contributed by atoms with Crippen LogP contribution < -0.4 is 0 Å². The highest BCUT2D eigenvalue weighted by Gasteiger charge is 2.27. The summed E-state index contributed by atoms with van der Waals surface area (Å²) in [5, 5.41) is 9.73. The molecule has 1 aromatic carbocycles. The second-order valence-corrected chi connectivity index (χ2v) is 7.56. The largest absolute Gasteiger partial charge is 0.381 e. The van der Waals surface area contributed by atoms with Crippen molar-refractivity contribution in [3.8, 4) is 11.8 Å². The number of nitrogens with zero attached hydrogens (tertiary/aromatic N) is 2. The highest BCUT2D eigenvalue weighted by Crippen LogP contribution is 2.18. The number of piperazine rings is 1. The van der Waals surface area contributed by atoms with Gasteiger partial charge in [0.25, 0.3) is 5.91 Å². The van der Waals surface area contributed by atoms with Crippen LogP contribution in [0.5, 0.6) is 0 Å². The summed E-state index contributed by atoms with van der Waals surface area (Å²) in [7, 11) is 0. The molecule has 2 saturated heterocycles. The third-order valence-electron chi connectivity index (χ3n) is 4.93. The van der Waals surface area contributed by atoms with Crippen LogP contribution in [0.25, 0.3) is 0 Å². The summed E-state index contributed by atoms with van der Waals surface area (Å²) in [6.45, 7) is 8.36. The Morgan fingerprint density at radius 3 is 2.54 bits per heavy atom. The normalized spacial score (nSPS) is 19.7. The van der Waals surface area contributed by atoms with Crippen molar-refractivity contribution in [1.29, 1.82) is 0 Å². The zero-order chi connectivity index (χ0) is 18.6. The van der Waals surface area contributed by atoms with Gasteiger partial charge in [-0.2, -0.15) is 0 Å². The molecule has 2 aliphatic rings. The Morgan fingerprint density at radius 1 is 1.19 bits per heavy atom. The number of carbonyl (C=O) groups excluding carboxylic acids is 1. The number of hydrogen-bond acceptors (Lipinski definition) is 4. The second-order valence-electron chi connectivity index (χ2n) is 7.56. The Kier molecular flexibility index (Phi) is 5.98. The molecule has 5 heteroatoms. The molecule has 140 valence electrons. The zero-order valence-corrected chi connectivity index (χ0v) is 15.7. The van der Waals surface area contributed by atoms with E-state index in [1.807, 2.05) is 29.2 Å². The molecule has 1 amide bonds. The van der Waals surface area contributed by atoms with Crippen molar-refractivity contribution in [2.75, 3.05) is 39.4 Å². The standard InChI is InChI=1S/C21H28N2O3/c1-21(2,25)9-6-17-4-3-5-18(16-17)20(24)23-12-10-22(11-13-23)19-7-14-26-15-8-19/h3-5,16,19,25H,7-8,10-15H2,1-2H3. The Morgan fingerprint density at radius 2 is 1.88 bits per heavy atom. The van der Waals surface area contributed by atoms with Crippen LogP contribution >= 0.6 is 0 Å². The fraction of sp³-hybridized carbons (Fsp3) is 0.571. The smallest absolute Gasteiger partial charge is 0.253 e. The first-order chi connectivity index (χ1) is 12.4. The van der Waals surface area contributed by atoms with Crippen LogP contribution in [0.1, 0.15) is 42.6 Å². The fourth-order valence-electron chi connectivity index (χ4n) is 3.48. The number of carbonyl (C=O) groups is 1. The summed E-state index contributed by atoms with van der Waals surface area (Å²) in [6.07, 6.45) is 2.19. The molecule has 1 aromatic rings. The number of rotatable bonds is 2. The maximum Gasteiger partial charge on any atom is 0.253 e. The van der Waals surface area contributed by atoms with Crippen LogP contribution in [0.4, 0.5) is 0 Å². The maximum absolute atomic E-state index is 12.8. The van der Waals surface area contributed by atoms with Gasteiger partial charge in [-0.1, -0.05) is 17.9 Å². The molecule has 1 N–H and O–H groups in total. The SMILES string of the molecule is CC(C)(O)C#Cc1cccc(C(=O)N2CCN(C3CCOCC3)CC2)c1. The molecular formula is C21H28N2O3. The average Bonchev–Trinajstić information content (AvgIpc) is 2.66. The molecule has 0 atom stereocenters. The molecule has 0 spiro atoms. The van der Waals surface area contributed by atoms with Crippen molar-refractivity contribution in [3.05, 3.63) is 35.4 Å². The summed E-state index contributed by atoms with van der Waals surface area (Å²) in [4.78, 5) is 17.3. The van der Waals surface area contributed by atoms with E-state index in [9.17, 15) is 9.90 Å². The summed E-state index contributed by atoms with van der Waals surface area (Å²) >= 11 is 0. The molecule has 0 unspecified atom stereocenters. The predicted molar refractivity (Wildman–Crippen MR) is 101 cm³/mol. The monoisotopic (exact) mass is 356 g/mol. The number of ether oxygens (including phenoxy) is 1. The van der Waals surface area contributed by atoms with E-state index in [-0.39, 0.29) is 5.91 Å². The van der Waals surface area contributed by atoms with Crippen LogP contribution in [0, 0.1) is 11.8 Å². The van der Waals surface area contributed by atoms with E-state index in [1.165, 1.54) is 0 Å². The second kappa shape index (κ2) is 8.22. The molecule has 26 heavy (non-hydrogen) atoms. The van der Waals surface area contributed by atoms with Gasteiger partial charge in [0, 0.05) is 56.6 Å². The van der Waals surface area contributed by atoms with Gasteiger partial charge in [0.05, 0.1) is 0 Å². The predicted octanol–water partition coefficient (Wildman–Crippen LogP) is 1.75. The molecule has 0 saturated carbocycles. The molecule has 2 fully saturated rings. The van der Waals surface area contributed by atoms with Crippen molar-refractivity contribution < 1.29 is 14.6 Å². The van der Waals surface area contributed by atoms with E-state index in [2.05, 4.69) is 16.7 Å². The third-order valence-corrected chi connectivity index (χ3v) is 4.93. The first-order valence-corrected chi connectivity index (χ1v) is 9.39. The highest BCUT2D eigenvalue weighted by atomic mass is 16.5. The van der Waals surface area contributed by atoms with Crippen LogP contribution in [0.15, 0.2) is 24.3 Å². The molecule has 2 aliphatic heterocycles. The van der Waals surface area contributed by atoms with E-state index in [0.717, 1.165) is 57.8 Å². The lowest BCUT2D eigenvalue weighted by Crippen LogP contribution is -2.53. The molecule has 2 heterocycles. The van der Waals surface area contributed by atoms with E-state index in [1.54, 1.807) is 13.8 Å². The van der Waals surface area contributed by atoms with Crippen LogP contribution in [0.3, 0.4) is 0 Å². The Hall–Kier alpha value is -1.87. The zero-order valence-electron chi connectivity index (χ0n) is 15.7. The van der Waals surface area contributed by atoms with Gasteiger partial charge in [0.15, 0.2) is 0 Å². The maximum atomic E-state index is 12.8. The van der Waals surface area contributed by atoms with Crippen molar-refractivity contribution in [2.24, 2.45) is 0 Å². The summed E-state index contributed by atoms with van der Waals surface area (Å²) in [5.41, 5.74) is 0.367. The van der Waals surface area contributed by atoms with Crippen molar-refractivity contribution >= 4 is 5.91 Å². The van der Waals surface area contributed by atoms with Crippen LogP contribution in [-0.4, -0.2) is 71.8 Å². The molecule has 0 aliphatic carbocycles. The Bertz CT molecular complexity index is 685. The van der Waals surface area contributed by atoms with Gasteiger partial charge in [-0.05, 0) is 44.9 Å². The van der Waals surface area contributed by atoms with Crippen LogP contribution in [-0.2, 0) is 4.74 Å². The summed E-state index contributed by atoms with van der Waals surface area (Å²) < 4.78 is 5.44. The first-order valence-electron chi connectivity index (χ1n) is 9.39. The van der Waals surface area contributed by atoms with Gasteiger partial charge in [-0.25, -0.2) is 0 Å². The summed E-state index contributed by atoms with van der Waals surface area (Å²) in [5.74, 6) is 5.79. The number of benzene rings is 1. The van der Waals surface area contributed by atoms with E-state index in [0.29, 0.717) is 11.6 Å². The topological polar surface area (TPSA) is 53.0 Å². The summed E-state index contributed by atoms with van der Waals surface area (Å²) in [6, 6.07) is 7.95. The fourth-order valence-corrected chi connectivity index (χ4v) is 3.48. The van der Waals surface area contributed by atoms with E-state index in [4.69, 9.17) is 4.74 Å². The van der Waals surface area contributed by atoms with Gasteiger partial charge >= 0.3 is 0 Å². The lowest BCUT2D eigenvalue weighted by Gasteiger charge is -2.40. The molecule has 0 aromatic heterocycles. The lowest BCUT2D eigenvalue weighted by atomic mass is 10.1. The van der Waals surface area contributed by atoms with E-state index < -0.39 is 5.60 Å². The molecule has 3 rings (SSSR count). The van der Waals surface area contributed by atoms with Gasteiger partial charge < -0.3 is 14.7 Å². The molecular weight excluding hydrogens is 328 g/mol. The Labute approximate surface area is 155 Å². The highest BCUT2D eigenvalue weighted by molar-refractivity contribution is 5.94. The minimum Gasteiger partial charge on any atom is -0.381 e. The van der Waals surface area contributed by atoms with Crippen molar-refractivity contribution in [2.45, 2.75) is 38.3 Å². The number of hydrogen-bond donors (Lipinski definition) is 1. The molecule has 5 nitrogen and oxygen atoms in total. The quantitative estimate of drug-likeness (QED) is 0.821. The minimum absolute atomic E-state index is 0.0588. The van der Waals surface area contributed by atoms with E-state index >= 15 is 0 Å². The Balaban J connectivity index is 1.60. The van der Waals surface area contributed by atoms with Crippen LogP contribution in [0.2, 0.25) is 0 Å². The molecule has 0 bridgehead atoms. The number of amides is 1. The average molecular weight is 356 g/mol. The van der Waals surface area contributed by atoms with Crippen molar-refractivity contribution in [1.82, 2.24) is 9.80 Å². The first kappa shape index (κ1) is 18.9.